The van der Waals surface area contributed by atoms with Crippen LogP contribution in [0, 0.1) is 5.92 Å². The summed E-state index contributed by atoms with van der Waals surface area (Å²) in [5.74, 6) is 0.896. The molecule has 3 heteroatoms. The van der Waals surface area contributed by atoms with Gasteiger partial charge in [-0.25, -0.2) is 4.98 Å². The van der Waals surface area contributed by atoms with E-state index < -0.39 is 0 Å². The molecule has 1 aromatic rings. The Morgan fingerprint density at radius 2 is 2.17 bits per heavy atom. The fourth-order valence-electron chi connectivity index (χ4n) is 3.53. The Bertz CT molecular complexity index is 418. The standard InChI is InChI=1S/C15H24N2S/c1-2-5-11-6-7-12-13(10-11)18-14(17-12)15(16)8-3-4-9-15/h11H,2-10,16H2,1H3. The van der Waals surface area contributed by atoms with Gasteiger partial charge in [-0.2, -0.15) is 0 Å². The van der Waals surface area contributed by atoms with Gasteiger partial charge in [0.1, 0.15) is 5.01 Å². The van der Waals surface area contributed by atoms with E-state index in [0.717, 1.165) is 18.8 Å². The lowest BCUT2D eigenvalue weighted by Gasteiger charge is -2.20. The molecule has 3 rings (SSSR count). The third-order valence-electron chi connectivity index (χ3n) is 4.66. The van der Waals surface area contributed by atoms with E-state index in [9.17, 15) is 0 Å². The predicted molar refractivity (Wildman–Crippen MR) is 76.9 cm³/mol. The molecular weight excluding hydrogens is 240 g/mol. The number of fused-ring (bicyclic) bond motifs is 1. The van der Waals surface area contributed by atoms with Crippen molar-refractivity contribution in [1.82, 2.24) is 4.98 Å². The molecule has 0 aliphatic heterocycles. The lowest BCUT2D eigenvalue weighted by molar-refractivity contribution is 0.421. The van der Waals surface area contributed by atoms with Gasteiger partial charge in [-0.15, -0.1) is 11.3 Å². The lowest BCUT2D eigenvalue weighted by Crippen LogP contribution is -2.32. The highest BCUT2D eigenvalue weighted by molar-refractivity contribution is 7.11. The van der Waals surface area contributed by atoms with Crippen molar-refractivity contribution in [3.8, 4) is 0 Å². The summed E-state index contributed by atoms with van der Waals surface area (Å²) in [6.45, 7) is 2.29. The summed E-state index contributed by atoms with van der Waals surface area (Å²) in [5.41, 5.74) is 7.83. The number of hydrogen-bond donors (Lipinski definition) is 1. The maximum Gasteiger partial charge on any atom is 0.113 e. The molecule has 0 spiro atoms. The minimum Gasteiger partial charge on any atom is -0.319 e. The molecule has 18 heavy (non-hydrogen) atoms. The SMILES string of the molecule is CCCC1CCc2nc(C3(N)CCCC3)sc2C1. The van der Waals surface area contributed by atoms with Crippen LogP contribution < -0.4 is 5.73 Å². The Morgan fingerprint density at radius 1 is 1.39 bits per heavy atom. The Hall–Kier alpha value is -0.410. The van der Waals surface area contributed by atoms with Crippen LogP contribution in [0.3, 0.4) is 0 Å². The molecule has 2 nitrogen and oxygen atoms in total. The fraction of sp³-hybridized carbons (Fsp3) is 0.800. The van der Waals surface area contributed by atoms with Crippen molar-refractivity contribution in [2.45, 2.75) is 70.3 Å². The molecule has 0 amide bonds. The maximum absolute atomic E-state index is 6.53. The van der Waals surface area contributed by atoms with Gasteiger partial charge in [-0.1, -0.05) is 32.6 Å². The van der Waals surface area contributed by atoms with Gasteiger partial charge in [0.05, 0.1) is 11.2 Å². The zero-order valence-electron chi connectivity index (χ0n) is 11.4. The number of thiazole rings is 1. The van der Waals surface area contributed by atoms with Crippen molar-refractivity contribution in [3.63, 3.8) is 0 Å². The molecule has 100 valence electrons. The number of aryl methyl sites for hydroxylation is 1. The van der Waals surface area contributed by atoms with Crippen LogP contribution in [-0.2, 0) is 18.4 Å². The second-order valence-electron chi connectivity index (χ2n) is 6.15. The van der Waals surface area contributed by atoms with E-state index in [1.807, 2.05) is 11.3 Å². The third-order valence-corrected chi connectivity index (χ3v) is 6.00. The highest BCUT2D eigenvalue weighted by Gasteiger charge is 2.35. The molecular formula is C15H24N2S. The van der Waals surface area contributed by atoms with Gasteiger partial charge in [0.15, 0.2) is 0 Å². The first-order chi connectivity index (χ1) is 8.71. The molecule has 2 aliphatic rings. The second-order valence-corrected chi connectivity index (χ2v) is 7.23. The Labute approximate surface area is 114 Å². The van der Waals surface area contributed by atoms with E-state index in [1.165, 1.54) is 55.6 Å². The molecule has 0 radical (unpaired) electrons. The van der Waals surface area contributed by atoms with Crippen molar-refractivity contribution in [3.05, 3.63) is 15.6 Å². The summed E-state index contributed by atoms with van der Waals surface area (Å²) in [6, 6.07) is 0. The van der Waals surface area contributed by atoms with Gasteiger partial charge in [0, 0.05) is 4.88 Å². The van der Waals surface area contributed by atoms with Crippen molar-refractivity contribution >= 4 is 11.3 Å². The van der Waals surface area contributed by atoms with Crippen LogP contribution in [0.15, 0.2) is 0 Å². The number of nitrogens with zero attached hydrogens (tertiary/aromatic N) is 1. The van der Waals surface area contributed by atoms with E-state index in [-0.39, 0.29) is 5.54 Å². The molecule has 1 fully saturated rings. The third kappa shape index (κ3) is 2.23. The summed E-state index contributed by atoms with van der Waals surface area (Å²) in [7, 11) is 0. The van der Waals surface area contributed by atoms with Crippen molar-refractivity contribution in [1.29, 1.82) is 0 Å². The van der Waals surface area contributed by atoms with Crippen LogP contribution in [0.5, 0.6) is 0 Å². The Morgan fingerprint density at radius 3 is 2.89 bits per heavy atom. The van der Waals surface area contributed by atoms with Crippen LogP contribution in [0.1, 0.15) is 67.4 Å². The van der Waals surface area contributed by atoms with Gasteiger partial charge in [0.25, 0.3) is 0 Å². The van der Waals surface area contributed by atoms with E-state index >= 15 is 0 Å². The van der Waals surface area contributed by atoms with Gasteiger partial charge >= 0.3 is 0 Å². The summed E-state index contributed by atoms with van der Waals surface area (Å²) in [5, 5.41) is 1.24. The zero-order chi connectivity index (χ0) is 12.6. The van der Waals surface area contributed by atoms with E-state index in [0.29, 0.717) is 0 Å². The molecule has 0 bridgehead atoms. The van der Waals surface area contributed by atoms with Crippen LogP contribution in [0.25, 0.3) is 0 Å². The average molecular weight is 264 g/mol. The van der Waals surface area contributed by atoms with Gasteiger partial charge in [0.2, 0.25) is 0 Å². The van der Waals surface area contributed by atoms with Crippen molar-refractivity contribution in [2.24, 2.45) is 11.7 Å². The zero-order valence-corrected chi connectivity index (χ0v) is 12.2. The molecule has 2 N–H and O–H groups in total. The van der Waals surface area contributed by atoms with E-state index in [1.54, 1.807) is 4.88 Å². The lowest BCUT2D eigenvalue weighted by atomic mass is 9.88. The largest absolute Gasteiger partial charge is 0.319 e. The van der Waals surface area contributed by atoms with Crippen molar-refractivity contribution < 1.29 is 0 Å². The number of nitrogens with two attached hydrogens (primary N) is 1. The normalized spacial score (nSPS) is 26.2. The first kappa shape index (κ1) is 12.6. The molecule has 1 heterocycles. The molecule has 0 aromatic carbocycles. The molecule has 0 saturated heterocycles. The second kappa shape index (κ2) is 4.93. The molecule has 1 atom stereocenters. The van der Waals surface area contributed by atoms with Crippen molar-refractivity contribution in [2.75, 3.05) is 0 Å². The summed E-state index contributed by atoms with van der Waals surface area (Å²) >= 11 is 1.92. The predicted octanol–water partition coefficient (Wildman–Crippen LogP) is 3.78. The summed E-state index contributed by atoms with van der Waals surface area (Å²) < 4.78 is 0. The molecule has 1 unspecified atom stereocenters. The first-order valence-electron chi connectivity index (χ1n) is 7.49. The summed E-state index contributed by atoms with van der Waals surface area (Å²) in [6.07, 6.45) is 11.3. The van der Waals surface area contributed by atoms with Gasteiger partial charge in [-0.3, -0.25) is 0 Å². The van der Waals surface area contributed by atoms with Gasteiger partial charge in [-0.05, 0) is 38.0 Å². The van der Waals surface area contributed by atoms with Crippen LogP contribution in [0.2, 0.25) is 0 Å². The number of hydrogen-bond acceptors (Lipinski definition) is 3. The topological polar surface area (TPSA) is 38.9 Å². The highest BCUT2D eigenvalue weighted by atomic mass is 32.1. The molecule has 1 saturated carbocycles. The smallest absolute Gasteiger partial charge is 0.113 e. The average Bonchev–Trinajstić information content (AvgIpc) is 2.96. The Kier molecular flexibility index (Phi) is 3.46. The number of rotatable bonds is 3. The molecule has 2 aliphatic carbocycles. The van der Waals surface area contributed by atoms with Crippen LogP contribution in [0.4, 0.5) is 0 Å². The Balaban J connectivity index is 1.80. The first-order valence-corrected chi connectivity index (χ1v) is 8.31. The quantitative estimate of drug-likeness (QED) is 0.902. The minimum absolute atomic E-state index is 0.0811. The monoisotopic (exact) mass is 264 g/mol. The maximum atomic E-state index is 6.53. The highest BCUT2D eigenvalue weighted by Crippen LogP contribution is 2.41. The minimum atomic E-state index is -0.0811. The van der Waals surface area contributed by atoms with Gasteiger partial charge < -0.3 is 5.73 Å². The number of aromatic nitrogens is 1. The van der Waals surface area contributed by atoms with E-state index in [4.69, 9.17) is 10.7 Å². The van der Waals surface area contributed by atoms with Crippen LogP contribution in [-0.4, -0.2) is 4.98 Å². The van der Waals surface area contributed by atoms with Crippen LogP contribution >= 0.6 is 11.3 Å². The molecule has 1 aromatic heterocycles. The fourth-order valence-corrected chi connectivity index (χ4v) is 4.91. The van der Waals surface area contributed by atoms with E-state index in [2.05, 4.69) is 6.92 Å². The summed E-state index contributed by atoms with van der Waals surface area (Å²) in [4.78, 5) is 6.44.